The summed E-state index contributed by atoms with van der Waals surface area (Å²) in [4.78, 5) is 4.46. The van der Waals surface area contributed by atoms with Gasteiger partial charge in [0.05, 0.1) is 9.92 Å². The third kappa shape index (κ3) is 5.46. The van der Waals surface area contributed by atoms with Crippen molar-refractivity contribution >= 4 is 21.6 Å². The molecule has 0 aliphatic heterocycles. The molecule has 0 unspecified atom stereocenters. The summed E-state index contributed by atoms with van der Waals surface area (Å²) in [7, 11) is -3.52. The van der Waals surface area contributed by atoms with Crippen molar-refractivity contribution in [2.24, 2.45) is 0 Å². The van der Waals surface area contributed by atoms with Gasteiger partial charge in [0.15, 0.2) is 0 Å². The van der Waals surface area contributed by atoms with Crippen LogP contribution >= 0.6 is 11.6 Å². The molecular formula is C21H27ClN2O3S. The van der Waals surface area contributed by atoms with Crippen LogP contribution in [0, 0.1) is 0 Å². The molecule has 7 heteroatoms. The summed E-state index contributed by atoms with van der Waals surface area (Å²) in [6, 6.07) is 10.6. The number of nitrogens with zero attached hydrogens (tertiary/aromatic N) is 1. The van der Waals surface area contributed by atoms with Crippen molar-refractivity contribution in [3.05, 3.63) is 53.2 Å². The summed E-state index contributed by atoms with van der Waals surface area (Å²) >= 11 is 5.83. The van der Waals surface area contributed by atoms with Crippen LogP contribution in [-0.2, 0) is 15.4 Å². The first-order valence-electron chi connectivity index (χ1n) is 9.54. The van der Waals surface area contributed by atoms with Crippen molar-refractivity contribution < 1.29 is 13.2 Å². The second-order valence-electron chi connectivity index (χ2n) is 8.30. The zero-order valence-electron chi connectivity index (χ0n) is 16.5. The van der Waals surface area contributed by atoms with E-state index in [9.17, 15) is 8.42 Å². The Balaban J connectivity index is 1.55. The standard InChI is InChI=1S/C21H27ClN2O3S/c1-21(2,3)15-4-11-19(12-5-15)28(25,26)24-17-7-9-18(10-8-17)27-20-13-6-16(22)14-23-20/h4-6,11-14,17-18,24H,7-10H2,1-3H3. The van der Waals surface area contributed by atoms with Gasteiger partial charge < -0.3 is 4.74 Å². The minimum Gasteiger partial charge on any atom is -0.474 e. The lowest BCUT2D eigenvalue weighted by Gasteiger charge is -2.29. The lowest BCUT2D eigenvalue weighted by molar-refractivity contribution is 0.138. The lowest BCUT2D eigenvalue weighted by Crippen LogP contribution is -2.39. The van der Waals surface area contributed by atoms with E-state index in [0.717, 1.165) is 31.2 Å². The number of hydrogen-bond donors (Lipinski definition) is 1. The molecule has 1 heterocycles. The summed E-state index contributed by atoms with van der Waals surface area (Å²) in [5.74, 6) is 0.548. The Labute approximate surface area is 172 Å². The van der Waals surface area contributed by atoms with Crippen molar-refractivity contribution in [3.63, 3.8) is 0 Å². The normalized spacial score (nSPS) is 20.7. The molecule has 1 aromatic carbocycles. The molecule has 0 saturated heterocycles. The number of hydrogen-bond acceptors (Lipinski definition) is 4. The van der Waals surface area contributed by atoms with Crippen LogP contribution in [0.3, 0.4) is 0 Å². The Morgan fingerprint density at radius 1 is 1.04 bits per heavy atom. The van der Waals surface area contributed by atoms with Crippen molar-refractivity contribution in [2.45, 2.75) is 68.9 Å². The van der Waals surface area contributed by atoms with E-state index in [-0.39, 0.29) is 17.6 Å². The molecule has 152 valence electrons. The van der Waals surface area contributed by atoms with E-state index >= 15 is 0 Å². The van der Waals surface area contributed by atoms with Gasteiger partial charge in [0.25, 0.3) is 0 Å². The van der Waals surface area contributed by atoms with Crippen LogP contribution in [0.15, 0.2) is 47.5 Å². The number of ether oxygens (including phenoxy) is 1. The highest BCUT2D eigenvalue weighted by molar-refractivity contribution is 7.89. The molecule has 0 spiro atoms. The third-order valence-electron chi connectivity index (χ3n) is 5.01. The molecule has 1 aromatic heterocycles. The third-order valence-corrected chi connectivity index (χ3v) is 6.77. The Bertz CT molecular complexity index is 883. The largest absolute Gasteiger partial charge is 0.474 e. The monoisotopic (exact) mass is 422 g/mol. The van der Waals surface area contributed by atoms with Gasteiger partial charge in [-0.1, -0.05) is 44.5 Å². The Morgan fingerprint density at radius 2 is 1.68 bits per heavy atom. The van der Waals surface area contributed by atoms with Crippen LogP contribution in [0.25, 0.3) is 0 Å². The quantitative estimate of drug-likeness (QED) is 0.758. The maximum atomic E-state index is 12.7. The molecule has 0 radical (unpaired) electrons. The summed E-state index contributed by atoms with van der Waals surface area (Å²) < 4.78 is 34.1. The second-order valence-corrected chi connectivity index (χ2v) is 10.5. The summed E-state index contributed by atoms with van der Waals surface area (Å²) in [6.45, 7) is 6.32. The number of rotatable bonds is 5. The maximum absolute atomic E-state index is 12.7. The van der Waals surface area contributed by atoms with E-state index in [1.807, 2.05) is 12.1 Å². The zero-order chi connectivity index (χ0) is 20.4. The fraction of sp³-hybridized carbons (Fsp3) is 0.476. The van der Waals surface area contributed by atoms with E-state index in [1.165, 1.54) is 0 Å². The summed E-state index contributed by atoms with van der Waals surface area (Å²) in [6.07, 6.45) is 4.62. The molecule has 0 bridgehead atoms. The van der Waals surface area contributed by atoms with Gasteiger partial charge in [-0.05, 0) is 54.9 Å². The number of aromatic nitrogens is 1. The topological polar surface area (TPSA) is 68.3 Å². The minimum atomic E-state index is -3.52. The smallest absolute Gasteiger partial charge is 0.240 e. The highest BCUT2D eigenvalue weighted by atomic mass is 35.5. The molecule has 0 atom stereocenters. The molecule has 3 rings (SSSR count). The van der Waals surface area contributed by atoms with Crippen LogP contribution in [0.4, 0.5) is 0 Å². The van der Waals surface area contributed by atoms with Gasteiger partial charge >= 0.3 is 0 Å². The lowest BCUT2D eigenvalue weighted by atomic mass is 9.87. The Morgan fingerprint density at radius 3 is 2.21 bits per heavy atom. The van der Waals surface area contributed by atoms with Crippen molar-refractivity contribution in [2.75, 3.05) is 0 Å². The van der Waals surface area contributed by atoms with Gasteiger partial charge in [-0.15, -0.1) is 0 Å². The Hall–Kier alpha value is -1.63. The average molecular weight is 423 g/mol. The zero-order valence-corrected chi connectivity index (χ0v) is 18.1. The molecule has 0 amide bonds. The number of pyridine rings is 1. The number of halogens is 1. The average Bonchev–Trinajstić information content (AvgIpc) is 2.64. The molecule has 5 nitrogen and oxygen atoms in total. The van der Waals surface area contributed by atoms with E-state index in [1.54, 1.807) is 30.5 Å². The summed E-state index contributed by atoms with van der Waals surface area (Å²) in [5.41, 5.74) is 1.10. The van der Waals surface area contributed by atoms with Crippen LogP contribution < -0.4 is 9.46 Å². The van der Waals surface area contributed by atoms with Gasteiger partial charge in [0.2, 0.25) is 15.9 Å². The fourth-order valence-corrected chi connectivity index (χ4v) is 4.74. The summed E-state index contributed by atoms with van der Waals surface area (Å²) in [5, 5.41) is 0.570. The molecule has 1 saturated carbocycles. The minimum absolute atomic E-state index is 0.00690. The molecule has 28 heavy (non-hydrogen) atoms. The van der Waals surface area contributed by atoms with Crippen LogP contribution in [0.5, 0.6) is 5.88 Å². The van der Waals surface area contributed by atoms with E-state index in [4.69, 9.17) is 16.3 Å². The first-order valence-corrected chi connectivity index (χ1v) is 11.4. The van der Waals surface area contributed by atoms with Crippen LogP contribution in [0.1, 0.15) is 52.0 Å². The Kier molecular flexibility index (Phi) is 6.32. The highest BCUT2D eigenvalue weighted by Gasteiger charge is 2.27. The molecular weight excluding hydrogens is 396 g/mol. The molecule has 1 aliphatic rings. The van der Waals surface area contributed by atoms with Crippen LogP contribution in [0.2, 0.25) is 5.02 Å². The van der Waals surface area contributed by atoms with Crippen molar-refractivity contribution in [1.82, 2.24) is 9.71 Å². The van der Waals surface area contributed by atoms with Gasteiger partial charge in [0.1, 0.15) is 6.10 Å². The van der Waals surface area contributed by atoms with Crippen molar-refractivity contribution in [3.8, 4) is 5.88 Å². The van der Waals surface area contributed by atoms with Crippen molar-refractivity contribution in [1.29, 1.82) is 0 Å². The molecule has 1 aliphatic carbocycles. The SMILES string of the molecule is CC(C)(C)c1ccc(S(=O)(=O)NC2CCC(Oc3ccc(Cl)cn3)CC2)cc1. The number of nitrogens with one attached hydrogen (secondary N) is 1. The van der Waals surface area contributed by atoms with Gasteiger partial charge in [-0.25, -0.2) is 18.1 Å². The maximum Gasteiger partial charge on any atom is 0.240 e. The van der Waals surface area contributed by atoms with E-state index in [0.29, 0.717) is 15.8 Å². The van der Waals surface area contributed by atoms with Crippen LogP contribution in [-0.4, -0.2) is 25.5 Å². The van der Waals surface area contributed by atoms with Gasteiger partial charge in [-0.3, -0.25) is 0 Å². The predicted molar refractivity (Wildman–Crippen MR) is 111 cm³/mol. The van der Waals surface area contributed by atoms with Gasteiger partial charge in [-0.2, -0.15) is 0 Å². The number of sulfonamides is 1. The highest BCUT2D eigenvalue weighted by Crippen LogP contribution is 2.26. The van der Waals surface area contributed by atoms with Gasteiger partial charge in [0, 0.05) is 18.3 Å². The second kappa shape index (κ2) is 8.39. The van der Waals surface area contributed by atoms with E-state index in [2.05, 4.69) is 30.5 Å². The molecule has 2 aromatic rings. The van der Waals surface area contributed by atoms with E-state index < -0.39 is 10.0 Å². The first-order chi connectivity index (χ1) is 13.1. The molecule has 1 fully saturated rings. The number of benzene rings is 1. The fourth-order valence-electron chi connectivity index (χ4n) is 3.32. The first kappa shape index (κ1) is 21.1. The molecule has 1 N–H and O–H groups in total. The predicted octanol–water partition coefficient (Wildman–Crippen LogP) is 4.70.